The highest BCUT2D eigenvalue weighted by Crippen LogP contribution is 2.46. The van der Waals surface area contributed by atoms with Gasteiger partial charge in [0.05, 0.1) is 38.3 Å². The third-order valence-corrected chi connectivity index (χ3v) is 5.89. The molecule has 0 saturated heterocycles. The monoisotopic (exact) mass is 462 g/mol. The average molecular weight is 462 g/mol. The number of anilines is 1. The Kier molecular flexibility index (Phi) is 5.04. The molecule has 0 radical (unpaired) electrons. The van der Waals surface area contributed by atoms with Gasteiger partial charge in [0.1, 0.15) is 11.3 Å². The molecule has 2 aromatic heterocycles. The zero-order valence-electron chi connectivity index (χ0n) is 19.3. The van der Waals surface area contributed by atoms with E-state index >= 15 is 0 Å². The molecule has 0 spiro atoms. The Morgan fingerprint density at radius 1 is 0.941 bits per heavy atom. The van der Waals surface area contributed by atoms with Crippen LogP contribution < -0.4 is 24.5 Å². The number of methoxy groups -OCH3 is 3. The Hall–Kier alpha value is -4.27. The molecule has 174 valence electrons. The van der Waals surface area contributed by atoms with E-state index in [-0.39, 0.29) is 22.6 Å². The van der Waals surface area contributed by atoms with Crippen molar-refractivity contribution in [2.24, 2.45) is 0 Å². The summed E-state index contributed by atoms with van der Waals surface area (Å²) in [6.07, 6.45) is 0. The molecule has 9 heteroatoms. The lowest BCUT2D eigenvalue weighted by Crippen LogP contribution is -2.29. The van der Waals surface area contributed by atoms with E-state index in [9.17, 15) is 9.59 Å². The van der Waals surface area contributed by atoms with E-state index in [0.29, 0.717) is 39.5 Å². The molecule has 0 aliphatic carbocycles. The summed E-state index contributed by atoms with van der Waals surface area (Å²) in [5, 5.41) is 4.43. The van der Waals surface area contributed by atoms with Gasteiger partial charge in [0, 0.05) is 6.07 Å². The predicted octanol–water partition coefficient (Wildman–Crippen LogP) is 4.17. The molecule has 1 amide bonds. The molecule has 0 fully saturated rings. The molecule has 1 aliphatic heterocycles. The van der Waals surface area contributed by atoms with E-state index in [4.69, 9.17) is 23.2 Å². The van der Waals surface area contributed by atoms with E-state index in [1.807, 2.05) is 13.0 Å². The number of ether oxygens (including phenoxy) is 3. The van der Waals surface area contributed by atoms with Gasteiger partial charge in [-0.05, 0) is 43.7 Å². The Morgan fingerprint density at radius 3 is 2.24 bits per heavy atom. The minimum absolute atomic E-state index is 0.0410. The number of carbonyl (C=O) groups excluding carboxylic acids is 1. The van der Waals surface area contributed by atoms with E-state index in [1.54, 1.807) is 37.3 Å². The van der Waals surface area contributed by atoms with Gasteiger partial charge in [-0.1, -0.05) is 16.8 Å². The number of benzene rings is 2. The third-order valence-electron chi connectivity index (χ3n) is 5.89. The van der Waals surface area contributed by atoms with E-state index in [2.05, 4.69) is 5.16 Å². The molecule has 3 heterocycles. The van der Waals surface area contributed by atoms with Crippen LogP contribution in [-0.4, -0.2) is 32.4 Å². The molecule has 4 aromatic rings. The molecule has 9 nitrogen and oxygen atoms in total. The number of carbonyl (C=O) groups is 1. The summed E-state index contributed by atoms with van der Waals surface area (Å²) >= 11 is 0. The lowest BCUT2D eigenvalue weighted by atomic mass is 9.97. The van der Waals surface area contributed by atoms with Gasteiger partial charge >= 0.3 is 0 Å². The number of rotatable bonds is 5. The highest BCUT2D eigenvalue weighted by atomic mass is 16.5. The summed E-state index contributed by atoms with van der Waals surface area (Å²) in [5.74, 6) is 1.39. The van der Waals surface area contributed by atoms with Crippen molar-refractivity contribution in [3.05, 3.63) is 74.8 Å². The molecule has 0 bridgehead atoms. The molecule has 0 N–H and O–H groups in total. The van der Waals surface area contributed by atoms with Gasteiger partial charge in [0.2, 0.25) is 11.5 Å². The lowest BCUT2D eigenvalue weighted by molar-refractivity contribution is 0.0969. The number of fused-ring (bicyclic) bond motifs is 2. The van der Waals surface area contributed by atoms with Crippen LogP contribution in [0.1, 0.15) is 39.0 Å². The molecule has 5 rings (SSSR count). The van der Waals surface area contributed by atoms with Crippen LogP contribution in [0, 0.1) is 13.8 Å². The Balaban J connectivity index is 1.84. The van der Waals surface area contributed by atoms with Gasteiger partial charge in [-0.25, -0.2) is 0 Å². The maximum absolute atomic E-state index is 13.7. The Bertz CT molecular complexity index is 1480. The smallest absolute Gasteiger partial charge is 0.296 e. The number of hydrogen-bond donors (Lipinski definition) is 0. The van der Waals surface area contributed by atoms with Crippen molar-refractivity contribution in [1.29, 1.82) is 0 Å². The molecule has 2 aromatic carbocycles. The fourth-order valence-electron chi connectivity index (χ4n) is 4.36. The van der Waals surface area contributed by atoms with Crippen LogP contribution in [0.2, 0.25) is 0 Å². The van der Waals surface area contributed by atoms with Gasteiger partial charge in [0.25, 0.3) is 5.91 Å². The summed E-state index contributed by atoms with van der Waals surface area (Å²) in [6, 6.07) is 9.44. The first kappa shape index (κ1) is 21.6. The molecular weight excluding hydrogens is 440 g/mol. The van der Waals surface area contributed by atoms with Gasteiger partial charge in [-0.2, -0.15) is 0 Å². The Morgan fingerprint density at radius 2 is 1.65 bits per heavy atom. The predicted molar refractivity (Wildman–Crippen MR) is 123 cm³/mol. The second-order valence-electron chi connectivity index (χ2n) is 8.01. The van der Waals surface area contributed by atoms with Gasteiger partial charge in [-0.3, -0.25) is 14.5 Å². The zero-order valence-corrected chi connectivity index (χ0v) is 19.3. The van der Waals surface area contributed by atoms with Crippen molar-refractivity contribution in [3.8, 4) is 17.2 Å². The van der Waals surface area contributed by atoms with Crippen molar-refractivity contribution < 1.29 is 27.9 Å². The van der Waals surface area contributed by atoms with Crippen molar-refractivity contribution in [3.63, 3.8) is 0 Å². The summed E-state index contributed by atoms with van der Waals surface area (Å²) in [7, 11) is 4.50. The maximum atomic E-state index is 13.7. The van der Waals surface area contributed by atoms with Crippen LogP contribution >= 0.6 is 0 Å². The van der Waals surface area contributed by atoms with Crippen molar-refractivity contribution in [2.75, 3.05) is 26.2 Å². The summed E-state index contributed by atoms with van der Waals surface area (Å²) < 4.78 is 27.7. The number of hydrogen-bond acceptors (Lipinski definition) is 8. The molecule has 1 unspecified atom stereocenters. The summed E-state index contributed by atoms with van der Waals surface area (Å²) in [4.78, 5) is 28.7. The van der Waals surface area contributed by atoms with E-state index in [1.165, 1.54) is 26.2 Å². The fourth-order valence-corrected chi connectivity index (χ4v) is 4.36. The normalized spacial score (nSPS) is 15.0. The van der Waals surface area contributed by atoms with Crippen molar-refractivity contribution in [1.82, 2.24) is 5.16 Å². The SMILES string of the molecule is COc1cc(C2c3c(oc4ccc(C)cc4c3=O)C(=O)N2c2cc(C)on2)cc(OC)c1OC. The third kappa shape index (κ3) is 3.12. The molecule has 0 saturated carbocycles. The molecule has 1 aliphatic rings. The zero-order chi connectivity index (χ0) is 24.1. The van der Waals surface area contributed by atoms with Crippen LogP contribution in [0.4, 0.5) is 5.82 Å². The number of aromatic nitrogens is 1. The first-order chi connectivity index (χ1) is 16.4. The standard InChI is InChI=1S/C25H22N2O7/c1-12-6-7-16-15(8-12)22(28)20-21(14-10-17(30-3)23(32-5)18(11-14)31-4)27(25(29)24(20)33-16)19-9-13(2)34-26-19/h6-11,21H,1-5H3. The maximum Gasteiger partial charge on any atom is 0.296 e. The largest absolute Gasteiger partial charge is 0.493 e. The summed E-state index contributed by atoms with van der Waals surface area (Å²) in [5.41, 5.74) is 1.70. The van der Waals surface area contributed by atoms with Gasteiger partial charge in [-0.15, -0.1) is 0 Å². The Labute approximate surface area is 194 Å². The van der Waals surface area contributed by atoms with Crippen LogP contribution in [0.3, 0.4) is 0 Å². The minimum atomic E-state index is -0.859. The number of amides is 1. The molecule has 1 atom stereocenters. The van der Waals surface area contributed by atoms with Gasteiger partial charge in [0.15, 0.2) is 22.7 Å². The second-order valence-corrected chi connectivity index (χ2v) is 8.01. The minimum Gasteiger partial charge on any atom is -0.493 e. The summed E-state index contributed by atoms with van der Waals surface area (Å²) in [6.45, 7) is 3.61. The lowest BCUT2D eigenvalue weighted by Gasteiger charge is -2.24. The quantitative estimate of drug-likeness (QED) is 0.435. The first-order valence-corrected chi connectivity index (χ1v) is 10.5. The van der Waals surface area contributed by atoms with Gasteiger partial charge < -0.3 is 23.2 Å². The van der Waals surface area contributed by atoms with Crippen molar-refractivity contribution >= 4 is 22.7 Å². The number of nitrogens with zero attached hydrogens (tertiary/aromatic N) is 2. The van der Waals surface area contributed by atoms with E-state index in [0.717, 1.165) is 5.56 Å². The average Bonchev–Trinajstić information content (AvgIpc) is 3.39. The van der Waals surface area contributed by atoms with Crippen LogP contribution in [0.15, 0.2) is 50.1 Å². The van der Waals surface area contributed by atoms with Crippen LogP contribution in [0.25, 0.3) is 11.0 Å². The first-order valence-electron chi connectivity index (χ1n) is 10.5. The van der Waals surface area contributed by atoms with Crippen LogP contribution in [0.5, 0.6) is 17.2 Å². The van der Waals surface area contributed by atoms with Crippen molar-refractivity contribution in [2.45, 2.75) is 19.9 Å². The fraction of sp³-hybridized carbons (Fsp3) is 0.240. The second kappa shape index (κ2) is 7.95. The topological polar surface area (TPSA) is 104 Å². The molecule has 34 heavy (non-hydrogen) atoms. The highest BCUT2D eigenvalue weighted by Gasteiger charge is 2.45. The highest BCUT2D eigenvalue weighted by molar-refractivity contribution is 6.10. The van der Waals surface area contributed by atoms with Crippen LogP contribution in [-0.2, 0) is 0 Å². The molecular formula is C25H22N2O7. The number of aryl methyl sites for hydroxylation is 2. The van der Waals surface area contributed by atoms with E-state index < -0.39 is 11.9 Å².